The van der Waals surface area contributed by atoms with Crippen molar-refractivity contribution in [2.45, 2.75) is 0 Å². The van der Waals surface area contributed by atoms with Crippen molar-refractivity contribution in [2.24, 2.45) is 0 Å². The Morgan fingerprint density at radius 2 is 0.735 bits per heavy atom. The number of fused-ring (bicyclic) bond motifs is 7. The SMILES string of the molecule is c1ccc(-c2cc(-c3ccc(N(c4ccc(-c5ccc(-c6ccccc6)c6ccccc56)cc4)c4cccc5ccccc45)cc3)cc(-n3c4ccccc4c4ccc5ccccc5c43)c2)cc1. The maximum absolute atomic E-state index is 2.48. The van der Waals surface area contributed by atoms with Gasteiger partial charge in [0, 0.05) is 38.6 Å². The van der Waals surface area contributed by atoms with Gasteiger partial charge in [-0.1, -0.05) is 212 Å². The molecule has 0 radical (unpaired) electrons. The van der Waals surface area contributed by atoms with Gasteiger partial charge < -0.3 is 9.47 Å². The lowest BCUT2D eigenvalue weighted by Crippen LogP contribution is -2.10. The van der Waals surface area contributed by atoms with E-state index in [0.29, 0.717) is 0 Å². The number of hydrogen-bond acceptors (Lipinski definition) is 1. The zero-order valence-electron chi connectivity index (χ0n) is 37.3. The molecule has 12 aromatic carbocycles. The van der Waals surface area contributed by atoms with Crippen LogP contribution < -0.4 is 4.90 Å². The minimum Gasteiger partial charge on any atom is -0.310 e. The molecule has 0 saturated carbocycles. The fourth-order valence-corrected chi connectivity index (χ4v) is 10.5. The van der Waals surface area contributed by atoms with E-state index in [1.165, 1.54) is 87.5 Å². The number of rotatable bonds is 8. The van der Waals surface area contributed by atoms with Gasteiger partial charge in [0.25, 0.3) is 0 Å². The fraction of sp³-hybridized carbons (Fsp3) is 0. The Bertz CT molecular complexity index is 3990. The maximum atomic E-state index is 2.48. The number of anilines is 3. The molecule has 0 saturated heterocycles. The van der Waals surface area contributed by atoms with E-state index in [2.05, 4.69) is 276 Å². The first-order valence-corrected chi connectivity index (χ1v) is 23.4. The lowest BCUT2D eigenvalue weighted by Gasteiger charge is -2.27. The van der Waals surface area contributed by atoms with Crippen molar-refractivity contribution in [1.82, 2.24) is 4.57 Å². The van der Waals surface area contributed by atoms with Gasteiger partial charge in [0.05, 0.1) is 16.7 Å². The highest BCUT2D eigenvalue weighted by Gasteiger charge is 2.19. The highest BCUT2D eigenvalue weighted by atomic mass is 15.1. The van der Waals surface area contributed by atoms with Crippen LogP contribution in [0.15, 0.2) is 267 Å². The first-order chi connectivity index (χ1) is 33.7. The van der Waals surface area contributed by atoms with Crippen LogP contribution in [0.3, 0.4) is 0 Å². The standard InChI is InChI=1S/C66H44N2/c1-3-16-45(17-4-1)51-42-52(44-55(43-51)68-65-28-14-13-27-62(65)63-39-34-49-21-8-10-24-59(49)66(63)68)46-30-35-53(36-31-46)67(64-29-15-22-48-20-7-9-23-58(48)64)54-37-32-50(33-38-54)57-41-40-56(47-18-5-2-6-19-47)60-25-11-12-26-61(57)60/h1-44H. The van der Waals surface area contributed by atoms with Crippen molar-refractivity contribution in [3.05, 3.63) is 267 Å². The van der Waals surface area contributed by atoms with Crippen molar-refractivity contribution >= 4 is 71.2 Å². The van der Waals surface area contributed by atoms with Gasteiger partial charge in [-0.2, -0.15) is 0 Å². The van der Waals surface area contributed by atoms with Crippen LogP contribution in [0.25, 0.3) is 104 Å². The molecule has 2 heteroatoms. The molecule has 13 rings (SSSR count). The third-order valence-corrected chi connectivity index (χ3v) is 13.8. The van der Waals surface area contributed by atoms with Crippen LogP contribution in [0.4, 0.5) is 17.1 Å². The topological polar surface area (TPSA) is 8.17 Å². The summed E-state index contributed by atoms with van der Waals surface area (Å²) in [6, 6.07) is 97.5. The Balaban J connectivity index is 0.943. The summed E-state index contributed by atoms with van der Waals surface area (Å²) in [5, 5.41) is 9.88. The molecule has 318 valence electrons. The van der Waals surface area contributed by atoms with E-state index in [4.69, 9.17) is 0 Å². The number of benzene rings is 12. The summed E-state index contributed by atoms with van der Waals surface area (Å²) in [6.45, 7) is 0. The minimum absolute atomic E-state index is 1.09. The molecule has 13 aromatic rings. The monoisotopic (exact) mass is 864 g/mol. The first-order valence-electron chi connectivity index (χ1n) is 23.4. The molecule has 0 N–H and O–H groups in total. The molecule has 0 aliphatic heterocycles. The smallest absolute Gasteiger partial charge is 0.0619 e. The maximum Gasteiger partial charge on any atom is 0.0619 e. The molecule has 0 aliphatic rings. The number of para-hydroxylation sites is 1. The van der Waals surface area contributed by atoms with Gasteiger partial charge in [-0.05, 0) is 121 Å². The van der Waals surface area contributed by atoms with Crippen molar-refractivity contribution in [3.8, 4) is 50.2 Å². The van der Waals surface area contributed by atoms with E-state index in [1.807, 2.05) is 0 Å². The lowest BCUT2D eigenvalue weighted by molar-refractivity contribution is 1.19. The molecule has 2 nitrogen and oxygen atoms in total. The zero-order chi connectivity index (χ0) is 45.0. The molecule has 68 heavy (non-hydrogen) atoms. The van der Waals surface area contributed by atoms with Crippen molar-refractivity contribution in [2.75, 3.05) is 4.90 Å². The molecular formula is C66H44N2. The van der Waals surface area contributed by atoms with Crippen LogP contribution in [0.5, 0.6) is 0 Å². The van der Waals surface area contributed by atoms with Gasteiger partial charge in [0.1, 0.15) is 0 Å². The van der Waals surface area contributed by atoms with Gasteiger partial charge in [-0.25, -0.2) is 0 Å². The first kappa shape index (κ1) is 39.4. The average molecular weight is 865 g/mol. The zero-order valence-corrected chi connectivity index (χ0v) is 37.3. The summed E-state index contributed by atoms with van der Waals surface area (Å²) in [5.74, 6) is 0. The summed E-state index contributed by atoms with van der Waals surface area (Å²) in [7, 11) is 0. The van der Waals surface area contributed by atoms with E-state index >= 15 is 0 Å². The van der Waals surface area contributed by atoms with Gasteiger partial charge in [-0.15, -0.1) is 0 Å². The number of aromatic nitrogens is 1. The number of nitrogens with zero attached hydrogens (tertiary/aromatic N) is 2. The molecule has 0 atom stereocenters. The van der Waals surface area contributed by atoms with Crippen LogP contribution in [0.2, 0.25) is 0 Å². The van der Waals surface area contributed by atoms with Gasteiger partial charge in [0.2, 0.25) is 0 Å². The Morgan fingerprint density at radius 1 is 0.265 bits per heavy atom. The molecule has 1 heterocycles. The van der Waals surface area contributed by atoms with Crippen LogP contribution in [-0.4, -0.2) is 4.57 Å². The third kappa shape index (κ3) is 6.73. The Kier molecular flexibility index (Phi) is 9.54. The molecule has 0 fully saturated rings. The number of hydrogen-bond donors (Lipinski definition) is 0. The molecule has 1 aromatic heterocycles. The van der Waals surface area contributed by atoms with Crippen molar-refractivity contribution in [1.29, 1.82) is 0 Å². The van der Waals surface area contributed by atoms with Crippen LogP contribution in [-0.2, 0) is 0 Å². The molecule has 0 bridgehead atoms. The lowest BCUT2D eigenvalue weighted by atomic mass is 9.92. The largest absolute Gasteiger partial charge is 0.310 e. The summed E-state index contributed by atoms with van der Waals surface area (Å²) in [4.78, 5) is 2.40. The summed E-state index contributed by atoms with van der Waals surface area (Å²) >= 11 is 0. The van der Waals surface area contributed by atoms with Crippen LogP contribution in [0.1, 0.15) is 0 Å². The van der Waals surface area contributed by atoms with E-state index in [-0.39, 0.29) is 0 Å². The highest BCUT2D eigenvalue weighted by molar-refractivity contribution is 6.18. The average Bonchev–Trinajstić information content (AvgIpc) is 3.76. The van der Waals surface area contributed by atoms with Crippen molar-refractivity contribution < 1.29 is 0 Å². The molecule has 0 amide bonds. The second-order valence-electron chi connectivity index (χ2n) is 17.7. The Hall–Kier alpha value is -8.98. The Morgan fingerprint density at radius 3 is 1.38 bits per heavy atom. The van der Waals surface area contributed by atoms with Gasteiger partial charge in [0.15, 0.2) is 0 Å². The normalized spacial score (nSPS) is 11.5. The van der Waals surface area contributed by atoms with Crippen molar-refractivity contribution in [3.63, 3.8) is 0 Å². The van der Waals surface area contributed by atoms with E-state index in [0.717, 1.165) is 33.9 Å². The second-order valence-corrected chi connectivity index (χ2v) is 17.7. The molecule has 0 aliphatic carbocycles. The molecule has 0 unspecified atom stereocenters. The fourth-order valence-electron chi connectivity index (χ4n) is 10.5. The van der Waals surface area contributed by atoms with Gasteiger partial charge >= 0.3 is 0 Å². The third-order valence-electron chi connectivity index (χ3n) is 13.8. The van der Waals surface area contributed by atoms with Gasteiger partial charge in [-0.3, -0.25) is 0 Å². The summed E-state index contributed by atoms with van der Waals surface area (Å²) in [5.41, 5.74) is 16.4. The summed E-state index contributed by atoms with van der Waals surface area (Å²) < 4.78 is 2.48. The summed E-state index contributed by atoms with van der Waals surface area (Å²) in [6.07, 6.45) is 0. The predicted octanol–water partition coefficient (Wildman–Crippen LogP) is 18.4. The van der Waals surface area contributed by atoms with Crippen LogP contribution in [0, 0.1) is 0 Å². The minimum atomic E-state index is 1.09. The van der Waals surface area contributed by atoms with Crippen LogP contribution >= 0.6 is 0 Å². The Labute approximate surface area is 395 Å². The van der Waals surface area contributed by atoms with E-state index in [9.17, 15) is 0 Å². The second kappa shape index (κ2) is 16.5. The van der Waals surface area contributed by atoms with E-state index < -0.39 is 0 Å². The molecular weight excluding hydrogens is 821 g/mol. The molecule has 0 spiro atoms. The highest BCUT2D eigenvalue weighted by Crippen LogP contribution is 2.43. The predicted molar refractivity (Wildman–Crippen MR) is 290 cm³/mol. The van der Waals surface area contributed by atoms with E-state index in [1.54, 1.807) is 0 Å². The quantitative estimate of drug-likeness (QED) is 0.148.